The molecule has 2 heteroatoms. The van der Waals surface area contributed by atoms with Gasteiger partial charge in [0.2, 0.25) is 0 Å². The minimum Gasteiger partial charge on any atom is -0.468 e. The summed E-state index contributed by atoms with van der Waals surface area (Å²) in [6.45, 7) is 0.264. The highest BCUT2D eigenvalue weighted by Crippen LogP contribution is 2.15. The van der Waals surface area contributed by atoms with Crippen molar-refractivity contribution >= 4 is 24.3 Å². The van der Waals surface area contributed by atoms with Crippen molar-refractivity contribution in [3.05, 3.63) is 101 Å². The van der Waals surface area contributed by atoms with E-state index in [1.165, 1.54) is 16.7 Å². The largest absolute Gasteiger partial charge is 0.468 e. The van der Waals surface area contributed by atoms with Crippen molar-refractivity contribution in [1.82, 2.24) is 0 Å². The second-order valence-electron chi connectivity index (χ2n) is 5.86. The van der Waals surface area contributed by atoms with Crippen molar-refractivity contribution < 1.29 is 9.47 Å². The molecule has 0 saturated carbocycles. The van der Waals surface area contributed by atoms with Crippen molar-refractivity contribution in [3.8, 4) is 5.75 Å². The lowest BCUT2D eigenvalue weighted by Gasteiger charge is -2.04. The van der Waals surface area contributed by atoms with Crippen LogP contribution >= 0.6 is 0 Å². The fraction of sp³-hybridized carbons (Fsp3) is 0.0833. The first-order valence-corrected chi connectivity index (χ1v) is 8.56. The average molecular weight is 342 g/mol. The first-order valence-electron chi connectivity index (χ1n) is 8.56. The molecule has 0 unspecified atom stereocenters. The zero-order valence-corrected chi connectivity index (χ0v) is 14.8. The van der Waals surface area contributed by atoms with E-state index in [1.807, 2.05) is 42.5 Å². The van der Waals surface area contributed by atoms with Gasteiger partial charge in [0, 0.05) is 7.11 Å². The highest BCUT2D eigenvalue weighted by atomic mass is 16.7. The topological polar surface area (TPSA) is 18.5 Å². The van der Waals surface area contributed by atoms with E-state index in [9.17, 15) is 0 Å². The summed E-state index contributed by atoms with van der Waals surface area (Å²) in [6.07, 6.45) is 8.45. The van der Waals surface area contributed by atoms with Gasteiger partial charge in [0.1, 0.15) is 5.75 Å². The lowest BCUT2D eigenvalue weighted by molar-refractivity contribution is 0.0511. The molecule has 0 spiro atoms. The lowest BCUT2D eigenvalue weighted by atomic mass is 10.1. The SMILES string of the molecule is COCOc1ccc(/C=C/c2ccc(/C=C/c3ccccc3)cc2)cc1. The Morgan fingerprint density at radius 1 is 0.577 bits per heavy atom. The second-order valence-corrected chi connectivity index (χ2v) is 5.86. The molecule has 0 saturated heterocycles. The molecule has 0 fully saturated rings. The van der Waals surface area contributed by atoms with Crippen LogP contribution in [-0.2, 0) is 4.74 Å². The molecule has 0 radical (unpaired) electrons. The van der Waals surface area contributed by atoms with E-state index < -0.39 is 0 Å². The molecule has 0 atom stereocenters. The molecule has 0 N–H and O–H groups in total. The van der Waals surface area contributed by atoms with Gasteiger partial charge in [0.15, 0.2) is 6.79 Å². The third-order valence-electron chi connectivity index (χ3n) is 3.90. The highest BCUT2D eigenvalue weighted by Gasteiger charge is 1.94. The Kier molecular flexibility index (Phi) is 6.40. The van der Waals surface area contributed by atoms with Crippen LogP contribution in [0, 0.1) is 0 Å². The maximum atomic E-state index is 5.39. The van der Waals surface area contributed by atoms with Crippen LogP contribution in [0.5, 0.6) is 5.75 Å². The van der Waals surface area contributed by atoms with Gasteiger partial charge in [-0.15, -0.1) is 0 Å². The van der Waals surface area contributed by atoms with Crippen LogP contribution in [0.15, 0.2) is 78.9 Å². The first kappa shape index (κ1) is 17.7. The third kappa shape index (κ3) is 5.47. The molecule has 26 heavy (non-hydrogen) atoms. The van der Waals surface area contributed by atoms with Gasteiger partial charge in [-0.3, -0.25) is 0 Å². The van der Waals surface area contributed by atoms with Crippen molar-refractivity contribution in [2.24, 2.45) is 0 Å². The zero-order chi connectivity index (χ0) is 18.0. The monoisotopic (exact) mass is 342 g/mol. The number of hydrogen-bond donors (Lipinski definition) is 0. The Hall–Kier alpha value is -3.10. The predicted molar refractivity (Wildman–Crippen MR) is 110 cm³/mol. The molecular weight excluding hydrogens is 320 g/mol. The Labute approximate surface area is 155 Å². The Morgan fingerprint density at radius 3 is 1.46 bits per heavy atom. The summed E-state index contributed by atoms with van der Waals surface area (Å²) in [7, 11) is 1.61. The number of benzene rings is 3. The van der Waals surface area contributed by atoms with Crippen molar-refractivity contribution in [2.75, 3.05) is 13.9 Å². The zero-order valence-electron chi connectivity index (χ0n) is 14.8. The number of methoxy groups -OCH3 is 1. The molecule has 0 heterocycles. The van der Waals surface area contributed by atoms with Crippen LogP contribution in [0.3, 0.4) is 0 Å². The minimum absolute atomic E-state index is 0.264. The van der Waals surface area contributed by atoms with E-state index in [0.29, 0.717) is 0 Å². The Balaban J connectivity index is 1.60. The van der Waals surface area contributed by atoms with E-state index in [0.717, 1.165) is 11.3 Å². The maximum absolute atomic E-state index is 5.39. The van der Waals surface area contributed by atoms with Gasteiger partial charge >= 0.3 is 0 Å². The predicted octanol–water partition coefficient (Wildman–Crippen LogP) is 6.01. The van der Waals surface area contributed by atoms with Crippen LogP contribution < -0.4 is 4.74 Å². The molecule has 2 nitrogen and oxygen atoms in total. The Morgan fingerprint density at radius 2 is 1.00 bits per heavy atom. The molecule has 130 valence electrons. The lowest BCUT2D eigenvalue weighted by Crippen LogP contribution is -1.98. The molecule has 0 aliphatic carbocycles. The molecule has 3 aromatic rings. The van der Waals surface area contributed by atoms with E-state index in [4.69, 9.17) is 9.47 Å². The van der Waals surface area contributed by atoms with E-state index in [2.05, 4.69) is 60.7 Å². The molecular formula is C24H22O2. The molecule has 0 aliphatic rings. The van der Waals surface area contributed by atoms with E-state index >= 15 is 0 Å². The second kappa shape index (κ2) is 9.40. The Bertz CT molecular complexity index is 845. The molecule has 0 bridgehead atoms. The molecule has 3 aromatic carbocycles. The van der Waals surface area contributed by atoms with E-state index in [-0.39, 0.29) is 6.79 Å². The van der Waals surface area contributed by atoms with Crippen molar-refractivity contribution in [2.45, 2.75) is 0 Å². The summed E-state index contributed by atoms with van der Waals surface area (Å²) in [6, 6.07) is 26.7. The third-order valence-corrected chi connectivity index (χ3v) is 3.90. The highest BCUT2D eigenvalue weighted by molar-refractivity contribution is 5.73. The summed E-state index contributed by atoms with van der Waals surface area (Å²) in [5.41, 5.74) is 4.68. The molecule has 3 rings (SSSR count). The van der Waals surface area contributed by atoms with Crippen LogP contribution in [0.25, 0.3) is 24.3 Å². The summed E-state index contributed by atoms with van der Waals surface area (Å²) < 4.78 is 10.3. The average Bonchev–Trinajstić information content (AvgIpc) is 2.71. The van der Waals surface area contributed by atoms with Gasteiger partial charge in [-0.2, -0.15) is 0 Å². The summed E-state index contributed by atoms with van der Waals surface area (Å²) in [5, 5.41) is 0. The van der Waals surface area contributed by atoms with Gasteiger partial charge in [0.05, 0.1) is 0 Å². The van der Waals surface area contributed by atoms with Crippen LogP contribution in [0.4, 0.5) is 0 Å². The smallest absolute Gasteiger partial charge is 0.188 e. The van der Waals surface area contributed by atoms with Gasteiger partial charge in [-0.05, 0) is 34.4 Å². The number of hydrogen-bond acceptors (Lipinski definition) is 2. The van der Waals surface area contributed by atoms with Crippen molar-refractivity contribution in [1.29, 1.82) is 0 Å². The van der Waals surface area contributed by atoms with Gasteiger partial charge < -0.3 is 9.47 Å². The van der Waals surface area contributed by atoms with Gasteiger partial charge in [0.25, 0.3) is 0 Å². The van der Waals surface area contributed by atoms with Crippen LogP contribution in [0.1, 0.15) is 22.3 Å². The molecule has 0 amide bonds. The van der Waals surface area contributed by atoms with Crippen LogP contribution in [-0.4, -0.2) is 13.9 Å². The van der Waals surface area contributed by atoms with Gasteiger partial charge in [-0.25, -0.2) is 0 Å². The quantitative estimate of drug-likeness (QED) is 0.387. The summed E-state index contributed by atoms with van der Waals surface area (Å²) in [5.74, 6) is 0.804. The molecule has 0 aromatic heterocycles. The first-order chi connectivity index (χ1) is 12.8. The summed E-state index contributed by atoms with van der Waals surface area (Å²) >= 11 is 0. The maximum Gasteiger partial charge on any atom is 0.188 e. The van der Waals surface area contributed by atoms with Gasteiger partial charge in [-0.1, -0.05) is 91.0 Å². The van der Waals surface area contributed by atoms with Crippen molar-refractivity contribution in [3.63, 3.8) is 0 Å². The minimum atomic E-state index is 0.264. The van der Waals surface area contributed by atoms with Crippen LogP contribution in [0.2, 0.25) is 0 Å². The molecule has 0 aliphatic heterocycles. The summed E-state index contributed by atoms with van der Waals surface area (Å²) in [4.78, 5) is 0. The normalized spacial score (nSPS) is 11.3. The van der Waals surface area contributed by atoms with E-state index in [1.54, 1.807) is 7.11 Å². The fourth-order valence-corrected chi connectivity index (χ4v) is 2.47. The standard InChI is InChI=1S/C24H22O2/c1-25-19-26-24-17-15-23(16-18-24)14-13-22-11-9-21(10-12-22)8-7-20-5-3-2-4-6-20/h2-18H,19H2,1H3/b8-7+,14-13+. The fourth-order valence-electron chi connectivity index (χ4n) is 2.47. The number of ether oxygens (including phenoxy) is 2. The number of rotatable bonds is 7.